The first-order valence-electron chi connectivity index (χ1n) is 29.4. The minimum atomic E-state index is -0.566. The van der Waals surface area contributed by atoms with Gasteiger partial charge in [0.1, 0.15) is 0 Å². The van der Waals surface area contributed by atoms with Crippen molar-refractivity contribution < 1.29 is 0 Å². The van der Waals surface area contributed by atoms with Crippen LogP contribution < -0.4 is 4.90 Å². The van der Waals surface area contributed by atoms with Crippen LogP contribution >= 0.6 is 0 Å². The number of rotatable bonds is 9. The molecular weight excluding hydrogens is 987 g/mol. The van der Waals surface area contributed by atoms with E-state index in [0.29, 0.717) is 0 Å². The van der Waals surface area contributed by atoms with Gasteiger partial charge in [-0.3, -0.25) is 0 Å². The first kappa shape index (κ1) is 51.1. The summed E-state index contributed by atoms with van der Waals surface area (Å²) in [5.41, 5.74) is 28.4. The average molecular weight is 1060 g/mol. The molecule has 0 aromatic heterocycles. The normalized spacial score (nSPS) is 16.4. The molecule has 0 N–H and O–H groups in total. The van der Waals surface area contributed by atoms with Gasteiger partial charge in [-0.05, 0) is 149 Å². The summed E-state index contributed by atoms with van der Waals surface area (Å²) in [4.78, 5) is 2.59. The van der Waals surface area contributed by atoms with Crippen LogP contribution in [0.1, 0.15) is 128 Å². The van der Waals surface area contributed by atoms with Gasteiger partial charge in [-0.15, -0.1) is 0 Å². The van der Waals surface area contributed by atoms with E-state index < -0.39 is 5.41 Å². The van der Waals surface area contributed by atoms with Crippen LogP contribution in [0.25, 0.3) is 50.6 Å². The number of para-hydroxylation sites is 1. The fraction of sp³-hybridized carbons (Fsp3) is 0.160. The summed E-state index contributed by atoms with van der Waals surface area (Å²) < 4.78 is 0. The summed E-state index contributed by atoms with van der Waals surface area (Å²) in [6.07, 6.45) is 5.69. The molecule has 1 heteroatoms. The zero-order valence-corrected chi connectivity index (χ0v) is 48.2. The number of anilines is 3. The third kappa shape index (κ3) is 8.03. The molecule has 82 heavy (non-hydrogen) atoms. The Labute approximate surface area is 486 Å². The van der Waals surface area contributed by atoms with Gasteiger partial charge in [-0.2, -0.15) is 0 Å². The lowest BCUT2D eigenvalue weighted by Gasteiger charge is -2.35. The van der Waals surface area contributed by atoms with E-state index in [1.54, 1.807) is 0 Å². The SMILES string of the molecule is CC(C)(C)c1cc(C2CC=Cc3cccc(-c4ccccc4N(c4ccc(-c5cccc6c5-c5ccccc5C6(C)c5ccccc5)cc4)c4cccc5c4-c4ccccc4C5(c4ccccc4)c4ccccc4)c32)cc(C(C)(C)C)c1. The van der Waals surface area contributed by atoms with Crippen molar-refractivity contribution in [2.45, 2.75) is 82.5 Å². The van der Waals surface area contributed by atoms with E-state index in [1.807, 2.05) is 0 Å². The van der Waals surface area contributed by atoms with Crippen molar-refractivity contribution in [2.75, 3.05) is 4.90 Å². The minimum Gasteiger partial charge on any atom is -0.309 e. The lowest BCUT2D eigenvalue weighted by Crippen LogP contribution is -2.28. The number of hydrogen-bond acceptors (Lipinski definition) is 1. The Morgan fingerprint density at radius 2 is 0.878 bits per heavy atom. The predicted octanol–water partition coefficient (Wildman–Crippen LogP) is 21.3. The second kappa shape index (κ2) is 19.6. The highest BCUT2D eigenvalue weighted by Gasteiger charge is 2.48. The first-order chi connectivity index (χ1) is 39.8. The van der Waals surface area contributed by atoms with Crippen LogP contribution in [0.15, 0.2) is 267 Å². The van der Waals surface area contributed by atoms with Crippen LogP contribution in [0.4, 0.5) is 17.1 Å². The molecule has 3 aliphatic rings. The van der Waals surface area contributed by atoms with Gasteiger partial charge < -0.3 is 4.90 Å². The molecule has 1 nitrogen and oxygen atoms in total. The molecule has 0 saturated heterocycles. The van der Waals surface area contributed by atoms with E-state index in [4.69, 9.17) is 0 Å². The molecule has 0 aliphatic heterocycles. The Bertz CT molecular complexity index is 4190. The summed E-state index contributed by atoms with van der Waals surface area (Å²) in [5.74, 6) is 0.159. The van der Waals surface area contributed by atoms with Gasteiger partial charge in [0.25, 0.3) is 0 Å². The molecule has 3 aliphatic carbocycles. The van der Waals surface area contributed by atoms with Gasteiger partial charge in [0.05, 0.1) is 16.8 Å². The summed E-state index contributed by atoms with van der Waals surface area (Å²) in [5, 5.41) is 0. The molecule has 0 fully saturated rings. The smallest absolute Gasteiger partial charge is 0.0714 e. The average Bonchev–Trinajstić information content (AvgIpc) is 2.75. The number of hydrogen-bond donors (Lipinski definition) is 0. The van der Waals surface area contributed by atoms with Gasteiger partial charge in [0, 0.05) is 28.1 Å². The fourth-order valence-corrected chi connectivity index (χ4v) is 14.4. The molecule has 0 bridgehead atoms. The maximum absolute atomic E-state index is 2.59. The van der Waals surface area contributed by atoms with E-state index in [1.165, 1.54) is 111 Å². The molecule has 11 aromatic rings. The lowest BCUT2D eigenvalue weighted by atomic mass is 9.68. The third-order valence-corrected chi connectivity index (χ3v) is 18.5. The molecule has 0 spiro atoms. The molecule has 2 unspecified atom stereocenters. The fourth-order valence-electron chi connectivity index (χ4n) is 14.4. The largest absolute Gasteiger partial charge is 0.309 e. The van der Waals surface area contributed by atoms with E-state index in [-0.39, 0.29) is 22.2 Å². The Morgan fingerprint density at radius 1 is 0.390 bits per heavy atom. The predicted molar refractivity (Wildman–Crippen MR) is 346 cm³/mol. The maximum atomic E-state index is 2.59. The number of allylic oxidation sites excluding steroid dienone is 1. The van der Waals surface area contributed by atoms with Crippen molar-refractivity contribution in [3.8, 4) is 44.5 Å². The van der Waals surface area contributed by atoms with Crippen LogP contribution in [-0.2, 0) is 21.7 Å². The summed E-state index contributed by atoms with van der Waals surface area (Å²) in [7, 11) is 0. The van der Waals surface area contributed by atoms with Gasteiger partial charge >= 0.3 is 0 Å². The molecule has 2 atom stereocenters. The number of benzene rings is 11. The van der Waals surface area contributed by atoms with Crippen molar-refractivity contribution in [1.29, 1.82) is 0 Å². The topological polar surface area (TPSA) is 3.24 Å². The van der Waals surface area contributed by atoms with Gasteiger partial charge in [0.15, 0.2) is 0 Å². The van der Waals surface area contributed by atoms with Gasteiger partial charge in [-0.25, -0.2) is 0 Å². The second-order valence-corrected chi connectivity index (χ2v) is 25.2. The van der Waals surface area contributed by atoms with Crippen molar-refractivity contribution in [1.82, 2.24) is 0 Å². The zero-order chi connectivity index (χ0) is 56.0. The van der Waals surface area contributed by atoms with Crippen molar-refractivity contribution in [3.05, 3.63) is 334 Å². The van der Waals surface area contributed by atoms with E-state index in [2.05, 4.69) is 326 Å². The lowest BCUT2D eigenvalue weighted by molar-refractivity contribution is 0.565. The van der Waals surface area contributed by atoms with Crippen molar-refractivity contribution >= 4 is 23.1 Å². The molecule has 0 radical (unpaired) electrons. The maximum Gasteiger partial charge on any atom is 0.0714 e. The van der Waals surface area contributed by atoms with Crippen LogP contribution in [0.5, 0.6) is 0 Å². The molecular formula is C81H69N. The molecule has 0 heterocycles. The highest BCUT2D eigenvalue weighted by molar-refractivity contribution is 6.01. The second-order valence-electron chi connectivity index (χ2n) is 25.2. The zero-order valence-electron chi connectivity index (χ0n) is 48.2. The Balaban J connectivity index is 1.01. The van der Waals surface area contributed by atoms with Crippen LogP contribution in [0, 0.1) is 0 Å². The Hall–Kier alpha value is -9.04. The van der Waals surface area contributed by atoms with Gasteiger partial charge in [-0.1, -0.05) is 290 Å². The summed E-state index contributed by atoms with van der Waals surface area (Å²) in [6, 6.07) is 98.8. The Kier molecular flexibility index (Phi) is 12.2. The van der Waals surface area contributed by atoms with Crippen molar-refractivity contribution in [3.63, 3.8) is 0 Å². The summed E-state index contributed by atoms with van der Waals surface area (Å²) >= 11 is 0. The number of nitrogens with zero attached hydrogens (tertiary/aromatic N) is 1. The van der Waals surface area contributed by atoms with Crippen molar-refractivity contribution in [2.24, 2.45) is 0 Å². The quantitative estimate of drug-likeness (QED) is 0.139. The van der Waals surface area contributed by atoms with E-state index in [9.17, 15) is 0 Å². The summed E-state index contributed by atoms with van der Waals surface area (Å²) in [6.45, 7) is 16.5. The highest BCUT2D eigenvalue weighted by atomic mass is 15.1. The number of fused-ring (bicyclic) bond motifs is 7. The van der Waals surface area contributed by atoms with Crippen LogP contribution in [-0.4, -0.2) is 0 Å². The van der Waals surface area contributed by atoms with Gasteiger partial charge in [0.2, 0.25) is 0 Å². The molecule has 398 valence electrons. The molecule has 0 saturated carbocycles. The first-order valence-corrected chi connectivity index (χ1v) is 29.4. The van der Waals surface area contributed by atoms with Crippen LogP contribution in [0.3, 0.4) is 0 Å². The molecule has 0 amide bonds. The monoisotopic (exact) mass is 1060 g/mol. The van der Waals surface area contributed by atoms with E-state index in [0.717, 1.165) is 23.5 Å². The molecule has 14 rings (SSSR count). The van der Waals surface area contributed by atoms with E-state index >= 15 is 0 Å². The standard InChI is InChI=1S/C81H69N/c1-78(2,3)60-51-56(52-61(53-60)79(4,5)6)64-38-23-27-55-28-24-40-66(75(55)64)65-35-19-22-45-73(65)82(74-46-26-44-72-77(74)68-37-18-21-42-70(68)81(72,58-31-13-9-14-32-58)59-33-15-10-16-34-59)62-49-47-54(48-50-62)63-39-25-43-71-76(63)67-36-17-20-41-69(67)80(71,7)57-29-11-8-12-30-57/h8-37,39-53,64H,38H2,1-7H3. The van der Waals surface area contributed by atoms with Crippen LogP contribution in [0.2, 0.25) is 0 Å². The minimum absolute atomic E-state index is 0.00746. The highest BCUT2D eigenvalue weighted by Crippen LogP contribution is 2.61. The molecule has 11 aromatic carbocycles. The Morgan fingerprint density at radius 3 is 1.52 bits per heavy atom. The third-order valence-electron chi connectivity index (χ3n) is 18.5.